The second-order valence-corrected chi connectivity index (χ2v) is 5.11. The summed E-state index contributed by atoms with van der Waals surface area (Å²) in [6, 6.07) is 3.80. The minimum Gasteiger partial charge on any atom is -0.481 e. The van der Waals surface area contributed by atoms with Gasteiger partial charge in [-0.05, 0) is 31.1 Å². The largest absolute Gasteiger partial charge is 0.481 e. The molecule has 0 aliphatic heterocycles. The van der Waals surface area contributed by atoms with Crippen molar-refractivity contribution in [2.75, 3.05) is 0 Å². The van der Waals surface area contributed by atoms with Crippen LogP contribution in [0.1, 0.15) is 24.6 Å². The summed E-state index contributed by atoms with van der Waals surface area (Å²) in [7, 11) is 0. The van der Waals surface area contributed by atoms with E-state index in [0.717, 1.165) is 15.6 Å². The fourth-order valence-corrected chi connectivity index (χ4v) is 2.08. The first kappa shape index (κ1) is 12.3. The summed E-state index contributed by atoms with van der Waals surface area (Å²) in [5.74, 6) is -1.01. The van der Waals surface area contributed by atoms with Crippen LogP contribution in [0.5, 0.6) is 0 Å². The van der Waals surface area contributed by atoms with E-state index in [4.69, 9.17) is 16.7 Å². The summed E-state index contributed by atoms with van der Waals surface area (Å²) in [6.07, 6.45) is 5.42. The number of allylic oxidation sites excluding steroid dienone is 1. The van der Waals surface area contributed by atoms with E-state index in [1.165, 1.54) is 11.3 Å². The predicted octanol–water partition coefficient (Wildman–Crippen LogP) is 3.92. The number of aliphatic carboxylic acids is 1. The van der Waals surface area contributed by atoms with Gasteiger partial charge in [0, 0.05) is 4.88 Å². The van der Waals surface area contributed by atoms with Crippen molar-refractivity contribution in [3.8, 4) is 0 Å². The Morgan fingerprint density at radius 2 is 2.40 bits per heavy atom. The first-order valence-electron chi connectivity index (χ1n) is 4.74. The van der Waals surface area contributed by atoms with Gasteiger partial charge in [-0.2, -0.15) is 0 Å². The lowest BCUT2D eigenvalue weighted by molar-refractivity contribution is -0.141. The molecule has 2 nitrogen and oxygen atoms in total. The fourth-order valence-electron chi connectivity index (χ4n) is 1.09. The van der Waals surface area contributed by atoms with E-state index in [2.05, 4.69) is 0 Å². The van der Waals surface area contributed by atoms with Crippen LogP contribution in [-0.4, -0.2) is 11.1 Å². The van der Waals surface area contributed by atoms with Crippen LogP contribution in [0.25, 0.3) is 6.08 Å². The maximum absolute atomic E-state index is 10.5. The van der Waals surface area contributed by atoms with Crippen molar-refractivity contribution in [3.05, 3.63) is 27.4 Å². The van der Waals surface area contributed by atoms with E-state index >= 15 is 0 Å². The summed E-state index contributed by atoms with van der Waals surface area (Å²) in [5, 5.41) is 8.66. The van der Waals surface area contributed by atoms with Gasteiger partial charge in [-0.3, -0.25) is 4.79 Å². The lowest BCUT2D eigenvalue weighted by Gasteiger charge is -2.01. The molecule has 1 aromatic heterocycles. The lowest BCUT2D eigenvalue weighted by atomic mass is 10.1. The Bertz CT molecular complexity index is 357. The van der Waals surface area contributed by atoms with Gasteiger partial charge < -0.3 is 5.11 Å². The Morgan fingerprint density at radius 3 is 2.93 bits per heavy atom. The molecule has 0 amide bonds. The molecule has 0 spiro atoms. The molecule has 0 aromatic carbocycles. The zero-order valence-corrected chi connectivity index (χ0v) is 10.0. The zero-order chi connectivity index (χ0) is 11.3. The number of halogens is 1. The Labute approximate surface area is 98.2 Å². The SMILES string of the molecule is CC(CC/C=C/c1ccc(Cl)s1)C(=O)O. The van der Waals surface area contributed by atoms with Crippen LogP contribution in [0, 0.1) is 5.92 Å². The highest BCUT2D eigenvalue weighted by Crippen LogP contribution is 2.22. The van der Waals surface area contributed by atoms with E-state index in [0.29, 0.717) is 6.42 Å². The van der Waals surface area contributed by atoms with Crippen molar-refractivity contribution in [2.24, 2.45) is 5.92 Å². The highest BCUT2D eigenvalue weighted by Gasteiger charge is 2.08. The average Bonchev–Trinajstić information content (AvgIpc) is 2.58. The van der Waals surface area contributed by atoms with Crippen LogP contribution < -0.4 is 0 Å². The molecule has 0 radical (unpaired) electrons. The number of carboxylic acid groups (broad SMARTS) is 1. The summed E-state index contributed by atoms with van der Waals surface area (Å²) in [5.41, 5.74) is 0. The molecule has 0 fully saturated rings. The Hall–Kier alpha value is -0.800. The maximum Gasteiger partial charge on any atom is 0.306 e. The van der Waals surface area contributed by atoms with Crippen LogP contribution >= 0.6 is 22.9 Å². The van der Waals surface area contributed by atoms with Gasteiger partial charge in [0.1, 0.15) is 0 Å². The van der Waals surface area contributed by atoms with Crippen LogP contribution in [0.15, 0.2) is 18.2 Å². The molecule has 0 saturated carbocycles. The monoisotopic (exact) mass is 244 g/mol. The molecule has 0 bridgehead atoms. The topological polar surface area (TPSA) is 37.3 Å². The molecular formula is C11H13ClO2S. The van der Waals surface area contributed by atoms with Gasteiger partial charge in [0.05, 0.1) is 10.3 Å². The third-order valence-corrected chi connectivity index (χ3v) is 3.26. The summed E-state index contributed by atoms with van der Waals surface area (Å²) in [4.78, 5) is 11.6. The highest BCUT2D eigenvalue weighted by atomic mass is 35.5. The number of carbonyl (C=O) groups is 1. The summed E-state index contributed by atoms with van der Waals surface area (Å²) >= 11 is 7.29. The van der Waals surface area contributed by atoms with Crippen molar-refractivity contribution in [3.63, 3.8) is 0 Å². The van der Waals surface area contributed by atoms with Gasteiger partial charge in [-0.15, -0.1) is 11.3 Å². The zero-order valence-electron chi connectivity index (χ0n) is 8.44. The van der Waals surface area contributed by atoms with E-state index < -0.39 is 5.97 Å². The smallest absolute Gasteiger partial charge is 0.306 e. The van der Waals surface area contributed by atoms with Gasteiger partial charge >= 0.3 is 5.97 Å². The van der Waals surface area contributed by atoms with Crippen LogP contribution in [0.3, 0.4) is 0 Å². The van der Waals surface area contributed by atoms with Crippen LogP contribution in [0.2, 0.25) is 4.34 Å². The van der Waals surface area contributed by atoms with E-state index in [1.54, 1.807) is 6.92 Å². The number of carboxylic acids is 1. The van der Waals surface area contributed by atoms with Gasteiger partial charge in [0.25, 0.3) is 0 Å². The van der Waals surface area contributed by atoms with Crippen LogP contribution in [-0.2, 0) is 4.79 Å². The molecule has 4 heteroatoms. The van der Waals surface area contributed by atoms with Gasteiger partial charge in [0.2, 0.25) is 0 Å². The number of thiophene rings is 1. The number of rotatable bonds is 5. The Balaban J connectivity index is 2.31. The van der Waals surface area contributed by atoms with Gasteiger partial charge in [0.15, 0.2) is 0 Å². The van der Waals surface area contributed by atoms with Crippen molar-refractivity contribution in [1.29, 1.82) is 0 Å². The molecule has 1 N–H and O–H groups in total. The quantitative estimate of drug-likeness (QED) is 0.853. The predicted molar refractivity (Wildman–Crippen MR) is 64.4 cm³/mol. The summed E-state index contributed by atoms with van der Waals surface area (Å²) < 4.78 is 0.772. The van der Waals surface area contributed by atoms with Gasteiger partial charge in [-0.25, -0.2) is 0 Å². The minimum atomic E-state index is -0.734. The molecule has 1 atom stereocenters. The molecule has 1 rings (SSSR count). The van der Waals surface area contributed by atoms with Crippen molar-refractivity contribution < 1.29 is 9.90 Å². The summed E-state index contributed by atoms with van der Waals surface area (Å²) in [6.45, 7) is 1.72. The third-order valence-electron chi connectivity index (χ3n) is 2.06. The molecule has 82 valence electrons. The molecule has 1 heterocycles. The Morgan fingerprint density at radius 1 is 1.67 bits per heavy atom. The number of hydrogen-bond donors (Lipinski definition) is 1. The van der Waals surface area contributed by atoms with Crippen molar-refractivity contribution in [2.45, 2.75) is 19.8 Å². The average molecular weight is 245 g/mol. The molecule has 1 unspecified atom stereocenters. The molecular weight excluding hydrogens is 232 g/mol. The van der Waals surface area contributed by atoms with Crippen LogP contribution in [0.4, 0.5) is 0 Å². The van der Waals surface area contributed by atoms with Crippen molar-refractivity contribution in [1.82, 2.24) is 0 Å². The van der Waals surface area contributed by atoms with E-state index in [9.17, 15) is 4.79 Å². The fraction of sp³-hybridized carbons (Fsp3) is 0.364. The first-order valence-corrected chi connectivity index (χ1v) is 5.93. The first-order chi connectivity index (χ1) is 7.09. The van der Waals surface area contributed by atoms with E-state index in [-0.39, 0.29) is 5.92 Å². The Kier molecular flexibility index (Phi) is 4.85. The molecule has 0 aliphatic rings. The minimum absolute atomic E-state index is 0.276. The second kappa shape index (κ2) is 5.93. The third kappa shape index (κ3) is 4.49. The molecule has 0 saturated heterocycles. The molecule has 0 aliphatic carbocycles. The molecule has 15 heavy (non-hydrogen) atoms. The van der Waals surface area contributed by atoms with Gasteiger partial charge in [-0.1, -0.05) is 24.6 Å². The van der Waals surface area contributed by atoms with E-state index in [1.807, 2.05) is 24.3 Å². The lowest BCUT2D eigenvalue weighted by Crippen LogP contribution is -2.08. The van der Waals surface area contributed by atoms with Crippen molar-refractivity contribution >= 4 is 35.0 Å². The molecule has 1 aromatic rings. The second-order valence-electron chi connectivity index (χ2n) is 3.36. The standard InChI is InChI=1S/C11H13ClO2S/c1-8(11(13)14)4-2-3-5-9-6-7-10(12)15-9/h3,5-8H,2,4H2,1H3,(H,13,14)/b5-3+. The normalized spacial score (nSPS) is 13.2. The number of hydrogen-bond acceptors (Lipinski definition) is 2. The maximum atomic E-state index is 10.5. The highest BCUT2D eigenvalue weighted by molar-refractivity contribution is 7.16.